The SMILES string of the molecule is CSc1ccc2c(c1)N(CCNCCC(=O)O)/C(=C/C=C/C(C)=C/C=C/c1sc3ccc(SC)cc3[n+]1CCNCCC(=O)O)S2. The molecule has 4 N–H and O–H groups in total. The van der Waals surface area contributed by atoms with E-state index in [1.165, 1.54) is 30.6 Å². The molecule has 0 atom stereocenters. The molecule has 0 radical (unpaired) electrons. The summed E-state index contributed by atoms with van der Waals surface area (Å²) in [5, 5.41) is 26.6. The summed E-state index contributed by atoms with van der Waals surface area (Å²) < 4.78 is 3.52. The topological polar surface area (TPSA) is 106 Å². The first kappa shape index (κ1) is 35.8. The molecule has 1 aliphatic heterocycles. The summed E-state index contributed by atoms with van der Waals surface area (Å²) in [5.74, 6) is -1.59. The van der Waals surface area contributed by atoms with Crippen LogP contribution in [0.4, 0.5) is 5.69 Å². The number of aromatic nitrogens is 1. The van der Waals surface area contributed by atoms with E-state index in [1.54, 1.807) is 46.6 Å². The van der Waals surface area contributed by atoms with Crippen molar-refractivity contribution in [3.63, 3.8) is 0 Å². The molecule has 244 valence electrons. The number of thioether (sulfide) groups is 3. The van der Waals surface area contributed by atoms with Gasteiger partial charge in [-0.25, -0.2) is 0 Å². The molecule has 0 amide bonds. The van der Waals surface area contributed by atoms with E-state index in [1.807, 2.05) is 0 Å². The van der Waals surface area contributed by atoms with Crippen molar-refractivity contribution in [1.82, 2.24) is 10.6 Å². The zero-order valence-electron chi connectivity index (χ0n) is 26.3. The Kier molecular flexibility index (Phi) is 14.3. The quantitative estimate of drug-likeness (QED) is 0.0495. The fourth-order valence-corrected chi connectivity index (χ4v) is 7.80. The number of carbonyl (C=O) groups is 2. The lowest BCUT2D eigenvalue weighted by molar-refractivity contribution is -0.666. The number of nitrogens with zero attached hydrogens (tertiary/aromatic N) is 2. The van der Waals surface area contributed by atoms with Crippen LogP contribution in [0.1, 0.15) is 24.8 Å². The summed E-state index contributed by atoms with van der Waals surface area (Å²) >= 11 is 6.94. The molecule has 2 aromatic carbocycles. The Morgan fingerprint density at radius 2 is 1.63 bits per heavy atom. The van der Waals surface area contributed by atoms with Crippen molar-refractivity contribution in [3.05, 3.63) is 82.4 Å². The summed E-state index contributed by atoms with van der Waals surface area (Å²) in [6.45, 7) is 5.87. The van der Waals surface area contributed by atoms with Crippen LogP contribution in [0.2, 0.25) is 0 Å². The van der Waals surface area contributed by atoms with Gasteiger partial charge >= 0.3 is 11.9 Å². The van der Waals surface area contributed by atoms with Crippen LogP contribution in [-0.4, -0.2) is 67.4 Å². The maximum atomic E-state index is 10.9. The second kappa shape index (κ2) is 18.4. The molecule has 0 spiro atoms. The third kappa shape index (κ3) is 10.5. The number of hydrogen-bond acceptors (Lipinski definition) is 9. The number of allylic oxidation sites excluding steroid dienone is 6. The number of hydrogen-bond donors (Lipinski definition) is 4. The van der Waals surface area contributed by atoms with E-state index in [0.717, 1.165) is 28.7 Å². The van der Waals surface area contributed by atoms with Crippen LogP contribution >= 0.6 is 46.6 Å². The van der Waals surface area contributed by atoms with Gasteiger partial charge in [-0.3, -0.25) is 9.59 Å². The maximum Gasteiger partial charge on any atom is 0.304 e. The second-order valence-electron chi connectivity index (χ2n) is 10.4. The second-order valence-corrected chi connectivity index (χ2v) is 14.3. The minimum absolute atomic E-state index is 0.112. The number of rotatable bonds is 18. The van der Waals surface area contributed by atoms with Gasteiger partial charge in [-0.1, -0.05) is 53.0 Å². The van der Waals surface area contributed by atoms with E-state index >= 15 is 0 Å². The minimum atomic E-state index is -0.793. The molecule has 0 saturated carbocycles. The predicted molar refractivity (Wildman–Crippen MR) is 195 cm³/mol. The lowest BCUT2D eigenvalue weighted by atomic mass is 10.2. The van der Waals surface area contributed by atoms with Crippen LogP contribution in [0.15, 0.2) is 92.1 Å². The number of nitrogens with one attached hydrogen (secondary N) is 2. The maximum absolute atomic E-state index is 10.9. The van der Waals surface area contributed by atoms with Gasteiger partial charge in [0, 0.05) is 53.0 Å². The van der Waals surface area contributed by atoms with Crippen LogP contribution in [0.25, 0.3) is 16.3 Å². The third-order valence-electron chi connectivity index (χ3n) is 7.13. The van der Waals surface area contributed by atoms with Crippen molar-refractivity contribution in [2.24, 2.45) is 0 Å². The van der Waals surface area contributed by atoms with Crippen molar-refractivity contribution in [2.75, 3.05) is 50.1 Å². The molecule has 46 heavy (non-hydrogen) atoms. The highest BCUT2D eigenvalue weighted by Crippen LogP contribution is 2.47. The Balaban J connectivity index is 1.45. The molecule has 0 saturated heterocycles. The first-order valence-corrected chi connectivity index (χ1v) is 19.1. The molecule has 12 heteroatoms. The predicted octanol–water partition coefficient (Wildman–Crippen LogP) is 6.73. The van der Waals surface area contributed by atoms with Gasteiger partial charge in [0.2, 0.25) is 5.52 Å². The first-order chi connectivity index (χ1) is 22.3. The number of aliphatic carboxylic acids is 2. The third-order valence-corrected chi connectivity index (χ3v) is 10.8. The van der Waals surface area contributed by atoms with E-state index in [-0.39, 0.29) is 12.8 Å². The van der Waals surface area contributed by atoms with Crippen molar-refractivity contribution in [1.29, 1.82) is 0 Å². The standard InChI is InChI=1S/C34H40N4O4S4/c1-24(6-4-8-31-37(20-18-35-16-14-33(39)40)27-22-25(43-2)10-12-29(27)45-31)7-5-9-32-38(21-19-36-17-15-34(41)42)28-23-26(44-3)11-13-30(28)46-32/h4-13,22-23,35-36H,14-21H2,1-3H3,(H-,39,40,41,42)/p+1. The molecular weight excluding hydrogens is 657 g/mol. The van der Waals surface area contributed by atoms with Gasteiger partial charge in [0.25, 0.3) is 5.01 Å². The molecular formula is C34H41N4O4S4+. The Bertz CT molecular complexity index is 1650. The molecule has 8 nitrogen and oxygen atoms in total. The van der Waals surface area contributed by atoms with Gasteiger partial charge in [-0.2, -0.15) is 4.57 Å². The molecule has 0 aliphatic carbocycles. The number of anilines is 1. The Morgan fingerprint density at radius 3 is 2.35 bits per heavy atom. The lowest BCUT2D eigenvalue weighted by Crippen LogP contribution is -2.40. The van der Waals surface area contributed by atoms with Crippen molar-refractivity contribution >= 4 is 80.5 Å². The van der Waals surface area contributed by atoms with Crippen LogP contribution in [0.5, 0.6) is 0 Å². The Morgan fingerprint density at radius 1 is 0.935 bits per heavy atom. The molecule has 3 aromatic rings. The highest BCUT2D eigenvalue weighted by atomic mass is 32.2. The molecule has 2 heterocycles. The fourth-order valence-electron chi connectivity index (χ4n) is 4.77. The number of carboxylic acids is 2. The number of thiazole rings is 1. The normalized spacial score (nSPS) is 14.4. The van der Waals surface area contributed by atoms with E-state index in [4.69, 9.17) is 10.2 Å². The zero-order valence-corrected chi connectivity index (χ0v) is 29.6. The molecule has 0 bridgehead atoms. The highest BCUT2D eigenvalue weighted by Gasteiger charge is 2.25. The number of carboxylic acid groups (broad SMARTS) is 2. The molecule has 0 fully saturated rings. The summed E-state index contributed by atoms with van der Waals surface area (Å²) in [4.78, 5) is 27.7. The zero-order chi connectivity index (χ0) is 32.9. The smallest absolute Gasteiger partial charge is 0.304 e. The lowest BCUT2D eigenvalue weighted by Gasteiger charge is -2.21. The summed E-state index contributed by atoms with van der Waals surface area (Å²) in [6, 6.07) is 13.1. The van der Waals surface area contributed by atoms with Crippen molar-refractivity contribution in [2.45, 2.75) is 41.0 Å². The van der Waals surface area contributed by atoms with Gasteiger partial charge in [0.05, 0.1) is 30.1 Å². The van der Waals surface area contributed by atoms with E-state index in [9.17, 15) is 9.59 Å². The molecule has 1 aliphatic rings. The van der Waals surface area contributed by atoms with Gasteiger partial charge in [-0.15, -0.1) is 23.5 Å². The monoisotopic (exact) mass is 697 g/mol. The molecule has 4 rings (SSSR count). The average molecular weight is 698 g/mol. The van der Waals surface area contributed by atoms with E-state index in [2.05, 4.69) is 112 Å². The summed E-state index contributed by atoms with van der Waals surface area (Å²) in [6.07, 6.45) is 17.0. The average Bonchev–Trinajstić information content (AvgIpc) is 3.56. The van der Waals surface area contributed by atoms with Crippen molar-refractivity contribution < 1.29 is 24.4 Å². The van der Waals surface area contributed by atoms with Gasteiger partial charge < -0.3 is 25.7 Å². The van der Waals surface area contributed by atoms with Crippen LogP contribution < -0.4 is 20.1 Å². The Hall–Kier alpha value is -3.00. The summed E-state index contributed by atoms with van der Waals surface area (Å²) in [7, 11) is 0. The van der Waals surface area contributed by atoms with Gasteiger partial charge in [0.1, 0.15) is 4.70 Å². The minimum Gasteiger partial charge on any atom is -0.481 e. The van der Waals surface area contributed by atoms with Crippen LogP contribution in [0.3, 0.4) is 0 Å². The first-order valence-electron chi connectivity index (χ1n) is 15.0. The van der Waals surface area contributed by atoms with Crippen molar-refractivity contribution in [3.8, 4) is 0 Å². The molecule has 1 aromatic heterocycles. The Labute approximate surface area is 287 Å². The van der Waals surface area contributed by atoms with Gasteiger partial charge in [-0.05, 0) is 55.8 Å². The van der Waals surface area contributed by atoms with E-state index < -0.39 is 11.9 Å². The summed E-state index contributed by atoms with van der Waals surface area (Å²) in [5.41, 5.74) is 3.49. The van der Waals surface area contributed by atoms with Gasteiger partial charge in [0.15, 0.2) is 6.54 Å². The number of benzene rings is 2. The fraction of sp³-hybridized carbons (Fsp3) is 0.324. The van der Waals surface area contributed by atoms with Crippen LogP contribution in [-0.2, 0) is 16.1 Å². The number of fused-ring (bicyclic) bond motifs is 2. The molecule has 0 unspecified atom stereocenters. The van der Waals surface area contributed by atoms with Crippen LogP contribution in [0, 0.1) is 0 Å². The van der Waals surface area contributed by atoms with E-state index in [0.29, 0.717) is 26.2 Å². The highest BCUT2D eigenvalue weighted by molar-refractivity contribution is 8.03. The largest absolute Gasteiger partial charge is 0.481 e.